The number of alkyl halides is 6. The summed E-state index contributed by atoms with van der Waals surface area (Å²) < 4.78 is 86.1. The molecule has 1 amide bonds. The van der Waals surface area contributed by atoms with Crippen molar-refractivity contribution in [3.05, 3.63) is 89.2 Å². The van der Waals surface area contributed by atoms with Crippen LogP contribution in [0.5, 0.6) is 6.01 Å². The van der Waals surface area contributed by atoms with Gasteiger partial charge in [-0.3, -0.25) is 4.79 Å². The highest BCUT2D eigenvalue weighted by Crippen LogP contribution is 2.37. The fraction of sp³-hybridized carbons (Fsp3) is 0.300. The van der Waals surface area contributed by atoms with Gasteiger partial charge in [0, 0.05) is 31.9 Å². The highest BCUT2D eigenvalue weighted by Gasteiger charge is 2.37. The fourth-order valence-electron chi connectivity index (χ4n) is 4.44. The number of benzene rings is 3. The Morgan fingerprint density at radius 1 is 0.857 bits per heavy atom. The number of carbonyl (C=O) groups is 1. The Morgan fingerprint density at radius 3 is 2.14 bits per heavy atom. The van der Waals surface area contributed by atoms with E-state index in [2.05, 4.69) is 9.97 Å². The molecule has 0 atom stereocenters. The number of ether oxygens (including phenoxy) is 1. The Bertz CT molecular complexity index is 1530. The minimum atomic E-state index is -5.01. The smallest absolute Gasteiger partial charge is 0.416 e. The molecule has 222 valence electrons. The molecule has 0 aliphatic rings. The average Bonchev–Trinajstić information content (AvgIpc) is 2.93. The summed E-state index contributed by atoms with van der Waals surface area (Å²) in [6, 6.07) is 14.1. The molecule has 12 heteroatoms. The Balaban J connectivity index is 1.73. The summed E-state index contributed by atoms with van der Waals surface area (Å²) in [6.07, 6.45) is -7.93. The van der Waals surface area contributed by atoms with Crippen molar-refractivity contribution in [2.45, 2.75) is 25.3 Å². The predicted molar refractivity (Wildman–Crippen MR) is 146 cm³/mol. The summed E-state index contributed by atoms with van der Waals surface area (Å²) >= 11 is 0. The van der Waals surface area contributed by atoms with Crippen molar-refractivity contribution in [2.75, 3.05) is 34.3 Å². The maximum absolute atomic E-state index is 13.7. The molecule has 0 saturated carbocycles. The minimum absolute atomic E-state index is 0.0499. The normalized spacial score (nSPS) is 12.1. The van der Waals surface area contributed by atoms with Crippen LogP contribution in [0.2, 0.25) is 0 Å². The van der Waals surface area contributed by atoms with Crippen molar-refractivity contribution >= 4 is 16.7 Å². The van der Waals surface area contributed by atoms with Crippen LogP contribution in [0.3, 0.4) is 0 Å². The summed E-state index contributed by atoms with van der Waals surface area (Å²) in [4.78, 5) is 25.4. The molecule has 0 saturated heterocycles. The molecule has 0 unspecified atom stereocenters. The van der Waals surface area contributed by atoms with Crippen molar-refractivity contribution in [3.63, 3.8) is 0 Å². The zero-order valence-electron chi connectivity index (χ0n) is 23.1. The van der Waals surface area contributed by atoms with Gasteiger partial charge in [0.2, 0.25) is 0 Å². The topological polar surface area (TPSA) is 58.6 Å². The lowest BCUT2D eigenvalue weighted by Crippen LogP contribution is -2.28. The van der Waals surface area contributed by atoms with Gasteiger partial charge in [-0.1, -0.05) is 42.5 Å². The molecule has 42 heavy (non-hydrogen) atoms. The molecule has 0 radical (unpaired) electrons. The molecule has 0 aliphatic carbocycles. The Kier molecular flexibility index (Phi) is 9.05. The van der Waals surface area contributed by atoms with Gasteiger partial charge in [0.1, 0.15) is 5.69 Å². The average molecular weight is 591 g/mol. The fourth-order valence-corrected chi connectivity index (χ4v) is 4.44. The maximum Gasteiger partial charge on any atom is 0.416 e. The molecule has 0 fully saturated rings. The van der Waals surface area contributed by atoms with Crippen LogP contribution in [-0.4, -0.2) is 60.0 Å². The van der Waals surface area contributed by atoms with Gasteiger partial charge in [-0.05, 0) is 60.6 Å². The SMILES string of the molecule is CN(C)CCCOc1ncc(-c2cccc3ccccc23)c(C(=O)N(C)Cc2cc(C(F)(F)F)cc(C(F)(F)F)c2)n1. The van der Waals surface area contributed by atoms with Gasteiger partial charge in [0.05, 0.1) is 17.7 Å². The molecule has 0 N–H and O–H groups in total. The largest absolute Gasteiger partial charge is 0.463 e. The van der Waals surface area contributed by atoms with Crippen LogP contribution in [0.25, 0.3) is 21.9 Å². The van der Waals surface area contributed by atoms with Crippen LogP contribution in [0.1, 0.15) is 33.6 Å². The number of hydrogen-bond donors (Lipinski definition) is 0. The van der Waals surface area contributed by atoms with Crippen molar-refractivity contribution in [1.82, 2.24) is 19.8 Å². The number of fused-ring (bicyclic) bond motifs is 1. The lowest BCUT2D eigenvalue weighted by molar-refractivity contribution is -0.143. The summed E-state index contributed by atoms with van der Waals surface area (Å²) in [5, 5.41) is 1.68. The van der Waals surface area contributed by atoms with E-state index < -0.39 is 35.9 Å². The first-order valence-electron chi connectivity index (χ1n) is 12.9. The maximum atomic E-state index is 13.7. The molecule has 6 nitrogen and oxygen atoms in total. The van der Waals surface area contributed by atoms with Crippen LogP contribution in [0.15, 0.2) is 66.9 Å². The van der Waals surface area contributed by atoms with Crippen molar-refractivity contribution in [2.24, 2.45) is 0 Å². The van der Waals surface area contributed by atoms with Crippen LogP contribution >= 0.6 is 0 Å². The zero-order valence-corrected chi connectivity index (χ0v) is 23.1. The number of rotatable bonds is 9. The first-order valence-corrected chi connectivity index (χ1v) is 12.9. The number of aromatic nitrogens is 2. The molecule has 1 heterocycles. The summed E-state index contributed by atoms with van der Waals surface area (Å²) in [6.45, 7) is 0.461. The van der Waals surface area contributed by atoms with Gasteiger partial charge >= 0.3 is 18.4 Å². The monoisotopic (exact) mass is 590 g/mol. The number of carbonyl (C=O) groups excluding carboxylic acids is 1. The summed E-state index contributed by atoms with van der Waals surface area (Å²) in [5.41, 5.74) is -2.39. The quantitative estimate of drug-likeness (QED) is 0.156. The van der Waals surface area contributed by atoms with E-state index in [4.69, 9.17) is 4.74 Å². The van der Waals surface area contributed by atoms with Gasteiger partial charge in [-0.2, -0.15) is 31.3 Å². The van der Waals surface area contributed by atoms with Crippen molar-refractivity contribution in [3.8, 4) is 17.1 Å². The van der Waals surface area contributed by atoms with E-state index in [9.17, 15) is 31.1 Å². The first kappa shape index (κ1) is 30.8. The van der Waals surface area contributed by atoms with Gasteiger partial charge in [-0.25, -0.2) is 4.98 Å². The molecule has 1 aromatic heterocycles. The van der Waals surface area contributed by atoms with E-state index in [1.807, 2.05) is 49.3 Å². The number of amides is 1. The van der Waals surface area contributed by atoms with E-state index in [0.717, 1.165) is 22.2 Å². The van der Waals surface area contributed by atoms with Crippen LogP contribution < -0.4 is 4.74 Å². The Hall–Kier alpha value is -4.19. The molecular weight excluding hydrogens is 562 g/mol. The van der Waals surface area contributed by atoms with Crippen LogP contribution in [0.4, 0.5) is 26.3 Å². The summed E-state index contributed by atoms with van der Waals surface area (Å²) in [5.74, 6) is -0.732. The third-order valence-electron chi connectivity index (χ3n) is 6.44. The molecule has 4 aromatic rings. The zero-order chi connectivity index (χ0) is 30.7. The second-order valence-electron chi connectivity index (χ2n) is 10.0. The third-order valence-corrected chi connectivity index (χ3v) is 6.44. The minimum Gasteiger partial charge on any atom is -0.463 e. The van der Waals surface area contributed by atoms with E-state index in [0.29, 0.717) is 29.7 Å². The number of hydrogen-bond acceptors (Lipinski definition) is 5. The lowest BCUT2D eigenvalue weighted by atomic mass is 9.97. The first-order chi connectivity index (χ1) is 19.7. The van der Waals surface area contributed by atoms with Crippen LogP contribution in [-0.2, 0) is 18.9 Å². The molecule has 3 aromatic carbocycles. The second kappa shape index (κ2) is 12.4. The van der Waals surface area contributed by atoms with Crippen LogP contribution in [0, 0.1) is 0 Å². The molecule has 0 spiro atoms. The third kappa shape index (κ3) is 7.35. The second-order valence-corrected chi connectivity index (χ2v) is 10.0. The van der Waals surface area contributed by atoms with E-state index in [1.165, 1.54) is 13.2 Å². The molecule has 4 rings (SSSR count). The van der Waals surface area contributed by atoms with E-state index in [1.54, 1.807) is 12.1 Å². The summed E-state index contributed by atoms with van der Waals surface area (Å²) in [7, 11) is 5.09. The molecule has 0 aliphatic heterocycles. The Labute approximate surface area is 238 Å². The number of nitrogens with zero attached hydrogens (tertiary/aromatic N) is 4. The Morgan fingerprint density at radius 2 is 1.50 bits per heavy atom. The molecular formula is C30H28F6N4O2. The lowest BCUT2D eigenvalue weighted by Gasteiger charge is -2.21. The van der Waals surface area contributed by atoms with Crippen molar-refractivity contribution in [1.29, 1.82) is 0 Å². The van der Waals surface area contributed by atoms with Gasteiger partial charge in [0.15, 0.2) is 0 Å². The van der Waals surface area contributed by atoms with Gasteiger partial charge < -0.3 is 14.5 Å². The van der Waals surface area contributed by atoms with Crippen molar-refractivity contribution < 1.29 is 35.9 Å². The van der Waals surface area contributed by atoms with Gasteiger partial charge in [0.25, 0.3) is 5.91 Å². The number of halogens is 6. The highest BCUT2D eigenvalue weighted by molar-refractivity contribution is 6.04. The van der Waals surface area contributed by atoms with E-state index >= 15 is 0 Å². The standard InChI is InChI=1S/C30H28F6N4O2/c1-39(2)12-7-13-42-28-37-17-25(24-11-6-9-20-8-4-5-10-23(20)24)26(38-28)27(41)40(3)18-19-14-21(29(31,32)33)16-22(15-19)30(34,35)36/h4-6,8-11,14-17H,7,12-13,18H2,1-3H3. The van der Waals surface area contributed by atoms with E-state index in [-0.39, 0.29) is 29.9 Å². The molecule has 0 bridgehead atoms. The predicted octanol–water partition coefficient (Wildman–Crippen LogP) is 6.94. The van der Waals surface area contributed by atoms with Gasteiger partial charge in [-0.15, -0.1) is 0 Å². The highest BCUT2D eigenvalue weighted by atomic mass is 19.4.